The zero-order chi connectivity index (χ0) is 19.3. The van der Waals surface area contributed by atoms with E-state index in [9.17, 15) is 10.1 Å². The summed E-state index contributed by atoms with van der Waals surface area (Å²) in [5, 5.41) is 11.0. The molecule has 0 spiro atoms. The maximum absolute atomic E-state index is 11.0. The number of nitro benzene ring substituents is 1. The third-order valence-corrected chi connectivity index (χ3v) is 4.56. The summed E-state index contributed by atoms with van der Waals surface area (Å²) in [5.74, 6) is 0. The normalized spacial score (nSPS) is 10.4. The van der Waals surface area contributed by atoms with Crippen molar-refractivity contribution in [3.8, 4) is 11.1 Å². The molecule has 0 aliphatic heterocycles. The molecule has 0 heterocycles. The summed E-state index contributed by atoms with van der Waals surface area (Å²) < 4.78 is 0. The minimum Gasteiger partial charge on any atom is -0.310 e. The van der Waals surface area contributed by atoms with Crippen LogP contribution in [0.2, 0.25) is 0 Å². The Hall–Kier alpha value is -3.92. The molecule has 4 heteroatoms. The molecule has 28 heavy (non-hydrogen) atoms. The fourth-order valence-corrected chi connectivity index (χ4v) is 3.26. The Morgan fingerprint density at radius 3 is 1.64 bits per heavy atom. The summed E-state index contributed by atoms with van der Waals surface area (Å²) in [4.78, 5) is 12.8. The van der Waals surface area contributed by atoms with Gasteiger partial charge in [-0.25, -0.2) is 0 Å². The first-order valence-electron chi connectivity index (χ1n) is 8.98. The number of nitro groups is 1. The van der Waals surface area contributed by atoms with E-state index < -0.39 is 0 Å². The molecule has 136 valence electrons. The number of non-ortho nitro benzene ring substituents is 1. The van der Waals surface area contributed by atoms with Gasteiger partial charge in [0, 0.05) is 29.1 Å². The van der Waals surface area contributed by atoms with Crippen molar-refractivity contribution in [3.63, 3.8) is 0 Å². The number of rotatable bonds is 5. The lowest BCUT2D eigenvalue weighted by molar-refractivity contribution is -0.384. The van der Waals surface area contributed by atoms with Crippen LogP contribution in [0.25, 0.3) is 11.1 Å². The molecule has 0 N–H and O–H groups in total. The number of hydrogen-bond acceptors (Lipinski definition) is 3. The molecule has 0 amide bonds. The lowest BCUT2D eigenvalue weighted by atomic mass is 10.0. The standard InChI is InChI=1S/C24H18N2O2/c27-26(28)22-17-15-19(16-18-22)23-13-7-8-14-24(23)25(20-9-3-1-4-10-20)21-11-5-2-6-12-21/h1-18H. The van der Waals surface area contributed by atoms with Gasteiger partial charge in [-0.2, -0.15) is 0 Å². The van der Waals surface area contributed by atoms with Crippen LogP contribution in [0.5, 0.6) is 0 Å². The Morgan fingerprint density at radius 2 is 1.11 bits per heavy atom. The van der Waals surface area contributed by atoms with Crippen LogP contribution in [0.1, 0.15) is 0 Å². The van der Waals surface area contributed by atoms with E-state index in [1.165, 1.54) is 0 Å². The molecule has 4 aromatic rings. The lowest BCUT2D eigenvalue weighted by Gasteiger charge is -2.27. The Bertz CT molecular complexity index is 1040. The lowest BCUT2D eigenvalue weighted by Crippen LogP contribution is -2.10. The van der Waals surface area contributed by atoms with E-state index in [1.54, 1.807) is 24.3 Å². The van der Waals surface area contributed by atoms with E-state index >= 15 is 0 Å². The number of para-hydroxylation sites is 3. The topological polar surface area (TPSA) is 46.4 Å². The van der Waals surface area contributed by atoms with Crippen LogP contribution in [0, 0.1) is 10.1 Å². The van der Waals surface area contributed by atoms with E-state index in [2.05, 4.69) is 35.2 Å². The quantitative estimate of drug-likeness (QED) is 0.290. The van der Waals surface area contributed by atoms with Crippen molar-refractivity contribution < 1.29 is 4.92 Å². The second-order valence-corrected chi connectivity index (χ2v) is 6.33. The predicted molar refractivity (Wildman–Crippen MR) is 113 cm³/mol. The average Bonchev–Trinajstić information content (AvgIpc) is 2.76. The molecule has 0 aromatic heterocycles. The van der Waals surface area contributed by atoms with Crippen molar-refractivity contribution in [3.05, 3.63) is 119 Å². The highest BCUT2D eigenvalue weighted by molar-refractivity contribution is 5.88. The maximum atomic E-state index is 11.0. The van der Waals surface area contributed by atoms with Crippen LogP contribution in [0.4, 0.5) is 22.7 Å². The van der Waals surface area contributed by atoms with E-state index in [4.69, 9.17) is 0 Å². The summed E-state index contributed by atoms with van der Waals surface area (Å²) in [7, 11) is 0. The van der Waals surface area contributed by atoms with Crippen molar-refractivity contribution in [1.29, 1.82) is 0 Å². The predicted octanol–water partition coefficient (Wildman–Crippen LogP) is 6.73. The van der Waals surface area contributed by atoms with Gasteiger partial charge >= 0.3 is 0 Å². The molecule has 4 aromatic carbocycles. The van der Waals surface area contributed by atoms with Gasteiger partial charge in [-0.15, -0.1) is 0 Å². The fourth-order valence-electron chi connectivity index (χ4n) is 3.26. The van der Waals surface area contributed by atoms with Crippen molar-refractivity contribution in [2.45, 2.75) is 0 Å². The molecule has 0 bridgehead atoms. The second-order valence-electron chi connectivity index (χ2n) is 6.33. The van der Waals surface area contributed by atoms with Gasteiger partial charge in [-0.05, 0) is 48.0 Å². The van der Waals surface area contributed by atoms with Crippen LogP contribution in [-0.4, -0.2) is 4.92 Å². The summed E-state index contributed by atoms with van der Waals surface area (Å²) >= 11 is 0. The third-order valence-electron chi connectivity index (χ3n) is 4.56. The van der Waals surface area contributed by atoms with Gasteiger partial charge in [0.2, 0.25) is 0 Å². The van der Waals surface area contributed by atoms with Gasteiger partial charge in [0.05, 0.1) is 10.6 Å². The van der Waals surface area contributed by atoms with Crippen LogP contribution in [0.15, 0.2) is 109 Å². The first-order valence-corrected chi connectivity index (χ1v) is 8.98. The molecule has 0 atom stereocenters. The Morgan fingerprint density at radius 1 is 0.607 bits per heavy atom. The minimum atomic E-state index is -0.379. The van der Waals surface area contributed by atoms with Crippen molar-refractivity contribution >= 4 is 22.7 Å². The van der Waals surface area contributed by atoms with Gasteiger partial charge in [0.1, 0.15) is 0 Å². The van der Waals surface area contributed by atoms with Gasteiger partial charge in [-0.1, -0.05) is 54.6 Å². The molecule has 0 saturated heterocycles. The van der Waals surface area contributed by atoms with Gasteiger partial charge in [0.15, 0.2) is 0 Å². The van der Waals surface area contributed by atoms with Crippen molar-refractivity contribution in [2.75, 3.05) is 4.90 Å². The van der Waals surface area contributed by atoms with Crippen LogP contribution < -0.4 is 4.90 Å². The maximum Gasteiger partial charge on any atom is 0.269 e. The van der Waals surface area contributed by atoms with Crippen LogP contribution in [0.3, 0.4) is 0 Å². The first-order chi connectivity index (χ1) is 13.7. The molecule has 0 aliphatic carbocycles. The number of anilines is 3. The van der Waals surface area contributed by atoms with E-state index in [0.29, 0.717) is 0 Å². The smallest absolute Gasteiger partial charge is 0.269 e. The molecule has 0 saturated carbocycles. The third kappa shape index (κ3) is 3.48. The zero-order valence-corrected chi connectivity index (χ0v) is 15.1. The van der Waals surface area contributed by atoms with Crippen LogP contribution >= 0.6 is 0 Å². The van der Waals surface area contributed by atoms with Gasteiger partial charge in [-0.3, -0.25) is 10.1 Å². The SMILES string of the molecule is O=[N+]([O-])c1ccc(-c2ccccc2N(c2ccccc2)c2ccccc2)cc1. The highest BCUT2D eigenvalue weighted by Crippen LogP contribution is 2.40. The molecule has 4 nitrogen and oxygen atoms in total. The zero-order valence-electron chi connectivity index (χ0n) is 15.1. The van der Waals surface area contributed by atoms with Crippen LogP contribution in [-0.2, 0) is 0 Å². The Kier molecular flexibility index (Phi) is 4.85. The van der Waals surface area contributed by atoms with Gasteiger partial charge < -0.3 is 4.90 Å². The molecule has 0 radical (unpaired) electrons. The fraction of sp³-hybridized carbons (Fsp3) is 0. The molecule has 0 aliphatic rings. The molecule has 4 rings (SSSR count). The molecule has 0 unspecified atom stereocenters. The first kappa shape index (κ1) is 17.5. The van der Waals surface area contributed by atoms with Crippen molar-refractivity contribution in [1.82, 2.24) is 0 Å². The molecular formula is C24H18N2O2. The van der Waals surface area contributed by atoms with E-state index in [1.807, 2.05) is 54.6 Å². The Labute approximate surface area is 163 Å². The number of hydrogen-bond donors (Lipinski definition) is 0. The monoisotopic (exact) mass is 366 g/mol. The van der Waals surface area contributed by atoms with Gasteiger partial charge in [0.25, 0.3) is 5.69 Å². The minimum absolute atomic E-state index is 0.0872. The highest BCUT2D eigenvalue weighted by atomic mass is 16.6. The van der Waals surface area contributed by atoms with E-state index in [0.717, 1.165) is 28.2 Å². The summed E-state index contributed by atoms with van der Waals surface area (Å²) in [6, 6.07) is 35.1. The average molecular weight is 366 g/mol. The second kappa shape index (κ2) is 7.76. The largest absolute Gasteiger partial charge is 0.310 e. The summed E-state index contributed by atoms with van der Waals surface area (Å²) in [6.07, 6.45) is 0. The number of nitrogens with zero attached hydrogens (tertiary/aromatic N) is 2. The summed E-state index contributed by atoms with van der Waals surface area (Å²) in [5.41, 5.74) is 5.12. The highest BCUT2D eigenvalue weighted by Gasteiger charge is 2.16. The van der Waals surface area contributed by atoms with Crippen molar-refractivity contribution in [2.24, 2.45) is 0 Å². The number of benzene rings is 4. The molecule has 0 fully saturated rings. The Balaban J connectivity index is 1.88. The van der Waals surface area contributed by atoms with E-state index in [-0.39, 0.29) is 10.6 Å². The summed E-state index contributed by atoms with van der Waals surface area (Å²) in [6.45, 7) is 0. The molecular weight excluding hydrogens is 348 g/mol.